The second-order valence-corrected chi connectivity index (χ2v) is 6.64. The van der Waals surface area contributed by atoms with Gasteiger partial charge in [-0.05, 0) is 18.8 Å². The number of sulfonamides is 1. The number of hydrogen-bond acceptors (Lipinski definition) is 3. The first-order valence-corrected chi connectivity index (χ1v) is 7.56. The van der Waals surface area contributed by atoms with Gasteiger partial charge in [-0.25, -0.2) is 13.1 Å². The highest BCUT2D eigenvalue weighted by atomic mass is 32.2. The Labute approximate surface area is 104 Å². The van der Waals surface area contributed by atoms with Crippen LogP contribution in [0.3, 0.4) is 0 Å². The van der Waals surface area contributed by atoms with Gasteiger partial charge in [-0.3, -0.25) is 0 Å². The molecule has 0 aliphatic rings. The van der Waals surface area contributed by atoms with Gasteiger partial charge in [0, 0.05) is 0 Å². The number of thiocarbonyl (C=S) groups is 1. The summed E-state index contributed by atoms with van der Waals surface area (Å²) in [4.78, 5) is 0.213. The molecule has 0 atom stereocenters. The minimum absolute atomic E-state index is 0.0789. The van der Waals surface area contributed by atoms with Gasteiger partial charge in [-0.2, -0.15) is 0 Å². The number of nitrogens with two attached hydrogens (primary N) is 1. The van der Waals surface area contributed by atoms with Crippen LogP contribution < -0.4 is 10.5 Å². The number of rotatable bonds is 7. The Bertz CT molecular complexity index is 333. The quantitative estimate of drug-likeness (QED) is 0.683. The van der Waals surface area contributed by atoms with Crippen molar-refractivity contribution in [3.8, 4) is 0 Å². The Morgan fingerprint density at radius 2 is 1.81 bits per heavy atom. The molecule has 0 saturated heterocycles. The molecule has 3 N–H and O–H groups in total. The van der Waals surface area contributed by atoms with Gasteiger partial charge in [0.15, 0.2) is 0 Å². The summed E-state index contributed by atoms with van der Waals surface area (Å²) < 4.78 is 26.3. The van der Waals surface area contributed by atoms with E-state index in [1.165, 1.54) is 0 Å². The summed E-state index contributed by atoms with van der Waals surface area (Å²) in [5.74, 6) is 0.174. The molecular weight excluding hydrogens is 244 g/mol. The molecule has 4 nitrogen and oxygen atoms in total. The summed E-state index contributed by atoms with van der Waals surface area (Å²) in [5.41, 5.74) is 4.86. The van der Waals surface area contributed by atoms with Crippen LogP contribution in [0.4, 0.5) is 0 Å². The van der Waals surface area contributed by atoms with E-state index in [2.05, 4.69) is 4.72 Å². The second-order valence-electron chi connectivity index (χ2n) is 4.43. The molecule has 0 aromatic carbocycles. The summed E-state index contributed by atoms with van der Waals surface area (Å²) in [6.07, 6.45) is 1.13. The van der Waals surface area contributed by atoms with Gasteiger partial charge in [0.1, 0.15) is 0 Å². The van der Waals surface area contributed by atoms with Crippen LogP contribution in [0.5, 0.6) is 0 Å². The van der Waals surface area contributed by atoms with E-state index in [0.29, 0.717) is 12.8 Å². The summed E-state index contributed by atoms with van der Waals surface area (Å²) in [7, 11) is -3.33. The first kappa shape index (κ1) is 15.8. The molecule has 0 amide bonds. The molecule has 0 aromatic rings. The fourth-order valence-electron chi connectivity index (χ4n) is 1.57. The molecule has 0 rings (SSSR count). The highest BCUT2D eigenvalue weighted by Gasteiger charge is 2.34. The maximum atomic E-state index is 11.9. The standard InChI is InChI=1S/C10H22N2O2S2/c1-5-10(6-2,9(11)15)12-16(13,14)7-8(3)4/h8,12H,5-7H2,1-4H3,(H2,11,15). The maximum absolute atomic E-state index is 11.9. The third kappa shape index (κ3) is 4.35. The lowest BCUT2D eigenvalue weighted by Crippen LogP contribution is -2.56. The van der Waals surface area contributed by atoms with Crippen LogP contribution in [0.2, 0.25) is 0 Å². The van der Waals surface area contributed by atoms with Crippen LogP contribution in [0, 0.1) is 5.92 Å². The van der Waals surface area contributed by atoms with Crippen molar-refractivity contribution in [2.45, 2.75) is 46.1 Å². The summed E-state index contributed by atoms with van der Waals surface area (Å²) >= 11 is 4.96. The van der Waals surface area contributed by atoms with Gasteiger partial charge in [0.25, 0.3) is 0 Å². The van der Waals surface area contributed by atoms with Gasteiger partial charge < -0.3 is 5.73 Å². The van der Waals surface area contributed by atoms with Gasteiger partial charge >= 0.3 is 0 Å². The van der Waals surface area contributed by atoms with Crippen molar-refractivity contribution in [1.82, 2.24) is 4.72 Å². The molecule has 0 heterocycles. The third-order valence-electron chi connectivity index (χ3n) is 2.58. The average molecular weight is 266 g/mol. The van der Waals surface area contributed by atoms with Crippen molar-refractivity contribution >= 4 is 27.2 Å². The normalized spacial score (nSPS) is 13.1. The molecule has 16 heavy (non-hydrogen) atoms. The molecule has 0 saturated carbocycles. The Hall–Kier alpha value is -0.200. The molecule has 0 unspecified atom stereocenters. The predicted molar refractivity (Wildman–Crippen MR) is 71.9 cm³/mol. The van der Waals surface area contributed by atoms with Crippen LogP contribution in [-0.4, -0.2) is 24.7 Å². The highest BCUT2D eigenvalue weighted by molar-refractivity contribution is 7.89. The van der Waals surface area contributed by atoms with Crippen molar-refractivity contribution < 1.29 is 8.42 Å². The van der Waals surface area contributed by atoms with Crippen molar-refractivity contribution in [2.75, 3.05) is 5.75 Å². The molecule has 0 fully saturated rings. The van der Waals surface area contributed by atoms with Gasteiger partial charge in [0.05, 0.1) is 16.3 Å². The zero-order valence-electron chi connectivity index (χ0n) is 10.4. The lowest BCUT2D eigenvalue weighted by molar-refractivity contribution is 0.462. The fourth-order valence-corrected chi connectivity index (χ4v) is 3.93. The minimum atomic E-state index is -3.33. The third-order valence-corrected chi connectivity index (χ3v) is 4.78. The number of nitrogens with one attached hydrogen (secondary N) is 1. The summed E-state index contributed by atoms with van der Waals surface area (Å²) in [6, 6.07) is 0. The molecule has 6 heteroatoms. The van der Waals surface area contributed by atoms with Crippen molar-refractivity contribution in [1.29, 1.82) is 0 Å². The van der Waals surface area contributed by atoms with Crippen LogP contribution in [0.15, 0.2) is 0 Å². The molecule has 0 aliphatic heterocycles. The smallest absolute Gasteiger partial charge is 0.212 e. The van der Waals surface area contributed by atoms with Gasteiger partial charge in [0.2, 0.25) is 10.0 Å². The van der Waals surface area contributed by atoms with Crippen molar-refractivity contribution in [2.24, 2.45) is 11.7 Å². The van der Waals surface area contributed by atoms with E-state index in [0.717, 1.165) is 0 Å². The summed E-state index contributed by atoms with van der Waals surface area (Å²) in [6.45, 7) is 7.47. The lowest BCUT2D eigenvalue weighted by Gasteiger charge is -2.31. The predicted octanol–water partition coefficient (Wildman–Crippen LogP) is 1.41. The summed E-state index contributed by atoms with van der Waals surface area (Å²) in [5, 5.41) is 0. The minimum Gasteiger partial charge on any atom is -0.392 e. The first-order valence-electron chi connectivity index (χ1n) is 5.50. The second kappa shape index (κ2) is 5.93. The van der Waals surface area contributed by atoms with Crippen LogP contribution in [0.1, 0.15) is 40.5 Å². The van der Waals surface area contributed by atoms with E-state index in [-0.39, 0.29) is 16.7 Å². The molecule has 0 aliphatic carbocycles. The Morgan fingerprint density at radius 1 is 1.38 bits per heavy atom. The first-order chi connectivity index (χ1) is 7.19. The topological polar surface area (TPSA) is 72.2 Å². The Morgan fingerprint density at radius 3 is 2.06 bits per heavy atom. The maximum Gasteiger partial charge on any atom is 0.212 e. The average Bonchev–Trinajstić information content (AvgIpc) is 2.11. The van der Waals surface area contributed by atoms with E-state index >= 15 is 0 Å². The van der Waals surface area contributed by atoms with E-state index in [1.54, 1.807) is 0 Å². The monoisotopic (exact) mass is 266 g/mol. The van der Waals surface area contributed by atoms with Crippen LogP contribution in [-0.2, 0) is 10.0 Å². The Balaban J connectivity index is 4.97. The zero-order valence-corrected chi connectivity index (χ0v) is 12.0. The molecule has 0 aromatic heterocycles. The number of hydrogen-bond donors (Lipinski definition) is 2. The van der Waals surface area contributed by atoms with Crippen molar-refractivity contribution in [3.63, 3.8) is 0 Å². The lowest BCUT2D eigenvalue weighted by atomic mass is 9.94. The van der Waals surface area contributed by atoms with Gasteiger partial charge in [-0.1, -0.05) is 39.9 Å². The molecule has 0 radical (unpaired) electrons. The largest absolute Gasteiger partial charge is 0.392 e. The Kier molecular flexibility index (Phi) is 5.86. The van der Waals surface area contributed by atoms with Crippen molar-refractivity contribution in [3.05, 3.63) is 0 Å². The van der Waals surface area contributed by atoms with E-state index in [4.69, 9.17) is 18.0 Å². The fraction of sp³-hybridized carbons (Fsp3) is 0.900. The van der Waals surface area contributed by atoms with Gasteiger partial charge in [-0.15, -0.1) is 0 Å². The molecule has 0 bridgehead atoms. The highest BCUT2D eigenvalue weighted by Crippen LogP contribution is 2.17. The molecule has 96 valence electrons. The van der Waals surface area contributed by atoms with Crippen LogP contribution in [0.25, 0.3) is 0 Å². The SMILES string of the molecule is CCC(CC)(NS(=O)(=O)CC(C)C)C(N)=S. The molecule has 0 spiro atoms. The van der Waals surface area contributed by atoms with E-state index < -0.39 is 15.6 Å². The zero-order chi connectivity index (χ0) is 13.0. The van der Waals surface area contributed by atoms with E-state index in [9.17, 15) is 8.42 Å². The molecular formula is C10H22N2O2S2. The van der Waals surface area contributed by atoms with Crippen LogP contribution >= 0.6 is 12.2 Å². The van der Waals surface area contributed by atoms with E-state index in [1.807, 2.05) is 27.7 Å².